The van der Waals surface area contributed by atoms with Crippen LogP contribution in [0.2, 0.25) is 0 Å². The van der Waals surface area contributed by atoms with Crippen LogP contribution < -0.4 is 5.32 Å². The zero-order chi connectivity index (χ0) is 11.4. The maximum absolute atomic E-state index is 10.4. The highest BCUT2D eigenvalue weighted by Crippen LogP contribution is 1.78. The van der Waals surface area contributed by atoms with E-state index in [-0.39, 0.29) is 14.6 Å². The normalized spacial score (nSPS) is 7.64. The Morgan fingerprint density at radius 2 is 2.07 bits per heavy atom. The Balaban J connectivity index is -0.000000449. The van der Waals surface area contributed by atoms with Crippen molar-refractivity contribution < 1.29 is 20.5 Å². The number of carbonyl (C=O) groups is 2. The molecular weight excluding hydrogens is 186 g/mol. The van der Waals surface area contributed by atoms with Crippen molar-refractivity contribution in [1.29, 1.82) is 0 Å². The topological polar surface area (TPSA) is 64.6 Å². The van der Waals surface area contributed by atoms with Crippen molar-refractivity contribution in [2.24, 2.45) is 0 Å². The molecule has 0 heterocycles. The van der Waals surface area contributed by atoms with E-state index in [1.54, 1.807) is 0 Å². The molecule has 0 aliphatic rings. The van der Waals surface area contributed by atoms with Crippen molar-refractivity contribution in [3.63, 3.8) is 0 Å². The minimum Gasteiger partial charge on any atom is -0.461 e. The lowest BCUT2D eigenvalue weighted by atomic mass is 10.6. The summed E-state index contributed by atoms with van der Waals surface area (Å²) in [6.45, 7) is 7.54. The Kier molecular flexibility index (Phi) is 12.3. The fourth-order valence-electron chi connectivity index (χ4n) is 0.436. The molecule has 0 radical (unpaired) electrons. The van der Waals surface area contributed by atoms with Crippen LogP contribution in [0.15, 0.2) is 12.7 Å². The van der Waals surface area contributed by atoms with E-state index in [1.807, 2.05) is 13.8 Å². The monoisotopic (exact) mass is 205 g/mol. The number of amides is 1. The summed E-state index contributed by atoms with van der Waals surface area (Å²) in [6, 6.07) is 0. The molecule has 1 N–H and O–H groups in total. The molecule has 0 aromatic carbocycles. The van der Waals surface area contributed by atoms with E-state index >= 15 is 0 Å². The van der Waals surface area contributed by atoms with Gasteiger partial charge in [-0.15, -0.1) is 0 Å². The summed E-state index contributed by atoms with van der Waals surface area (Å²) in [7, 11) is 1.26. The predicted molar refractivity (Wildman–Crippen MR) is 55.0 cm³/mol. The van der Waals surface area contributed by atoms with E-state index in [4.69, 9.17) is 0 Å². The van der Waals surface area contributed by atoms with Crippen LogP contribution in [0.5, 0.6) is 0 Å². The highest BCUT2D eigenvalue weighted by atomic mass is 16.5. The molecular formula is C9H19NO4. The summed E-state index contributed by atoms with van der Waals surface area (Å²) in [4.78, 5) is 20.9. The van der Waals surface area contributed by atoms with Gasteiger partial charge in [-0.25, -0.2) is 9.59 Å². The summed E-state index contributed by atoms with van der Waals surface area (Å²) in [5, 5.41) is 2.34. The Bertz CT molecular complexity index is 185. The van der Waals surface area contributed by atoms with Crippen LogP contribution in [-0.2, 0) is 14.3 Å². The molecule has 0 fully saturated rings. The fraction of sp³-hybridized carbons (Fsp3) is 0.556. The molecule has 14 heavy (non-hydrogen) atoms. The van der Waals surface area contributed by atoms with E-state index < -0.39 is 12.1 Å². The van der Waals surface area contributed by atoms with Gasteiger partial charge in [0, 0.05) is 7.50 Å². The maximum Gasteiger partial charge on any atom is 0.406 e. The number of alkyl carbamates (subject to hydrolysis) is 1. The van der Waals surface area contributed by atoms with Crippen molar-refractivity contribution in [3.05, 3.63) is 12.7 Å². The molecule has 84 valence electrons. The minimum atomic E-state index is -0.551. The average Bonchev–Trinajstić information content (AvgIpc) is 2.26. The van der Waals surface area contributed by atoms with Gasteiger partial charge in [0.2, 0.25) is 0 Å². The second-order valence-electron chi connectivity index (χ2n) is 1.79. The first-order chi connectivity index (χ1) is 6.70. The number of ether oxygens (including phenoxy) is 2. The van der Waals surface area contributed by atoms with E-state index in [9.17, 15) is 9.59 Å². The molecule has 0 aliphatic carbocycles. The molecule has 5 heteroatoms. The number of carbonyl (C=O) groups excluding carboxylic acids is 2. The number of methoxy groups -OCH3 is 1. The number of hydrogen-bond donors (Lipinski definition) is 1. The lowest BCUT2D eigenvalue weighted by Gasteiger charge is -2.02. The van der Waals surface area contributed by atoms with Gasteiger partial charge in [0.05, 0.1) is 13.7 Å². The first-order valence-electron chi connectivity index (χ1n) is 4.31. The van der Waals surface area contributed by atoms with Gasteiger partial charge < -0.3 is 14.8 Å². The SMILES string of the molecule is C=CC(=O)OCCNC(=O)OC.CC.[HH]. The largest absolute Gasteiger partial charge is 0.461 e. The van der Waals surface area contributed by atoms with Gasteiger partial charge >= 0.3 is 12.1 Å². The van der Waals surface area contributed by atoms with Gasteiger partial charge in [0.1, 0.15) is 6.61 Å². The molecule has 0 saturated heterocycles. The van der Waals surface area contributed by atoms with Crippen molar-refractivity contribution in [1.82, 2.24) is 5.32 Å². The molecule has 1 amide bonds. The van der Waals surface area contributed by atoms with Gasteiger partial charge in [-0.05, 0) is 0 Å². The van der Waals surface area contributed by atoms with Crippen LogP contribution in [0, 0.1) is 0 Å². The Morgan fingerprint density at radius 3 is 2.50 bits per heavy atom. The van der Waals surface area contributed by atoms with Crippen LogP contribution in [-0.4, -0.2) is 32.3 Å². The third-order valence-electron chi connectivity index (χ3n) is 0.968. The number of nitrogens with one attached hydrogen (secondary N) is 1. The number of rotatable bonds is 4. The average molecular weight is 205 g/mol. The van der Waals surface area contributed by atoms with E-state index in [2.05, 4.69) is 21.4 Å². The summed E-state index contributed by atoms with van der Waals surface area (Å²) >= 11 is 0. The second-order valence-corrected chi connectivity index (χ2v) is 1.79. The Hall–Kier alpha value is -1.52. The predicted octanol–water partition coefficient (Wildman–Crippen LogP) is 1.34. The molecule has 5 nitrogen and oxygen atoms in total. The first-order valence-corrected chi connectivity index (χ1v) is 4.31. The molecule has 0 unspecified atom stereocenters. The lowest BCUT2D eigenvalue weighted by molar-refractivity contribution is -0.137. The molecule has 0 atom stereocenters. The molecule has 0 aliphatic heterocycles. The quantitative estimate of drug-likeness (QED) is 0.427. The molecule has 0 saturated carbocycles. The van der Waals surface area contributed by atoms with Gasteiger partial charge in [0.15, 0.2) is 0 Å². The fourth-order valence-corrected chi connectivity index (χ4v) is 0.436. The Morgan fingerprint density at radius 1 is 1.50 bits per heavy atom. The highest BCUT2D eigenvalue weighted by Gasteiger charge is 1.98. The zero-order valence-corrected chi connectivity index (χ0v) is 8.83. The summed E-state index contributed by atoms with van der Waals surface area (Å²) < 4.78 is 8.83. The molecule has 0 spiro atoms. The smallest absolute Gasteiger partial charge is 0.406 e. The van der Waals surface area contributed by atoms with Gasteiger partial charge in [-0.3, -0.25) is 0 Å². The third-order valence-corrected chi connectivity index (χ3v) is 0.968. The summed E-state index contributed by atoms with van der Waals surface area (Å²) in [5.41, 5.74) is 0. The van der Waals surface area contributed by atoms with Crippen LogP contribution in [0.3, 0.4) is 0 Å². The van der Waals surface area contributed by atoms with Crippen molar-refractivity contribution in [3.8, 4) is 0 Å². The number of hydrogen-bond acceptors (Lipinski definition) is 4. The van der Waals surface area contributed by atoms with Gasteiger partial charge in [-0.2, -0.15) is 0 Å². The van der Waals surface area contributed by atoms with Crippen LogP contribution >= 0.6 is 0 Å². The zero-order valence-electron chi connectivity index (χ0n) is 8.83. The van der Waals surface area contributed by atoms with E-state index in [1.165, 1.54) is 7.11 Å². The molecule has 0 aromatic heterocycles. The Labute approximate surface area is 85.6 Å². The highest BCUT2D eigenvalue weighted by molar-refractivity contribution is 5.81. The summed E-state index contributed by atoms with van der Waals surface area (Å²) in [5.74, 6) is -0.512. The molecule has 0 rings (SSSR count). The molecule has 0 bridgehead atoms. The minimum absolute atomic E-state index is 0. The van der Waals surface area contributed by atoms with Crippen LogP contribution in [0.1, 0.15) is 15.3 Å². The third kappa shape index (κ3) is 10.5. The van der Waals surface area contributed by atoms with Crippen molar-refractivity contribution >= 4 is 12.1 Å². The maximum atomic E-state index is 10.4. The van der Waals surface area contributed by atoms with Crippen LogP contribution in [0.25, 0.3) is 0 Å². The standard InChI is InChI=1S/C7H11NO4.C2H6.H2/c1-3-6(9)12-5-4-8-7(10)11-2;1-2;/h3H,1,4-5H2,2H3,(H,8,10);1-2H3;1H. The number of esters is 1. The van der Waals surface area contributed by atoms with Gasteiger partial charge in [0.25, 0.3) is 0 Å². The first kappa shape index (κ1) is 15.0. The summed E-state index contributed by atoms with van der Waals surface area (Å²) in [6.07, 6.45) is 0.502. The van der Waals surface area contributed by atoms with Crippen LogP contribution in [0.4, 0.5) is 4.79 Å². The van der Waals surface area contributed by atoms with E-state index in [0.29, 0.717) is 0 Å². The van der Waals surface area contributed by atoms with Crippen molar-refractivity contribution in [2.45, 2.75) is 13.8 Å². The van der Waals surface area contributed by atoms with E-state index in [0.717, 1.165) is 6.08 Å². The molecule has 0 aromatic rings. The van der Waals surface area contributed by atoms with Crippen molar-refractivity contribution in [2.75, 3.05) is 20.3 Å². The van der Waals surface area contributed by atoms with Gasteiger partial charge in [-0.1, -0.05) is 20.4 Å². The lowest BCUT2D eigenvalue weighted by Crippen LogP contribution is -2.27. The second kappa shape index (κ2) is 11.5.